The molecule has 8 heteroatoms. The normalized spacial score (nSPS) is 21.1. The van der Waals surface area contributed by atoms with E-state index in [1.807, 2.05) is 0 Å². The average Bonchev–Trinajstić information content (AvgIpc) is 2.56. The lowest BCUT2D eigenvalue weighted by Gasteiger charge is -2.43. The highest BCUT2D eigenvalue weighted by atomic mass is 32.2. The van der Waals surface area contributed by atoms with Gasteiger partial charge in [0, 0.05) is 26.2 Å². The van der Waals surface area contributed by atoms with E-state index >= 15 is 0 Å². The zero-order valence-corrected chi connectivity index (χ0v) is 13.5. The Labute approximate surface area is 135 Å². The van der Waals surface area contributed by atoms with E-state index in [1.165, 1.54) is 17.0 Å². The van der Waals surface area contributed by atoms with E-state index in [0.29, 0.717) is 32.5 Å². The van der Waals surface area contributed by atoms with Crippen LogP contribution in [0.2, 0.25) is 0 Å². The molecular formula is C15H20N2O5S. The molecule has 2 heterocycles. The zero-order chi connectivity index (χ0) is 16.3. The molecule has 126 valence electrons. The molecule has 0 radical (unpaired) electrons. The molecular weight excluding hydrogens is 320 g/mol. The molecule has 0 atom stereocenters. The average molecular weight is 340 g/mol. The smallest absolute Gasteiger partial charge is 0.372 e. The highest BCUT2D eigenvalue weighted by Gasteiger charge is 2.39. The molecule has 0 unspecified atom stereocenters. The highest BCUT2D eigenvalue weighted by molar-refractivity contribution is 7.87. The quantitative estimate of drug-likeness (QED) is 0.808. The fraction of sp³-hybridized carbons (Fsp3) is 0.533. The number of rotatable bonds is 2. The predicted octanol–water partition coefficient (Wildman–Crippen LogP) is 0.966. The third-order valence-electron chi connectivity index (χ3n) is 4.28. The maximum Gasteiger partial charge on any atom is 0.425 e. The summed E-state index contributed by atoms with van der Waals surface area (Å²) in [4.78, 5) is 13.5. The number of nitrogens with one attached hydrogen (secondary N) is 1. The molecule has 0 aliphatic carbocycles. The minimum Gasteiger partial charge on any atom is -0.372 e. The fourth-order valence-corrected chi connectivity index (χ4v) is 3.79. The van der Waals surface area contributed by atoms with Crippen molar-refractivity contribution in [2.75, 3.05) is 32.8 Å². The van der Waals surface area contributed by atoms with E-state index in [0.717, 1.165) is 13.1 Å². The number of piperidine rings is 1. The number of morpholine rings is 1. The van der Waals surface area contributed by atoms with Gasteiger partial charge in [-0.25, -0.2) is 4.79 Å². The van der Waals surface area contributed by atoms with E-state index < -0.39 is 16.2 Å². The van der Waals surface area contributed by atoms with Crippen LogP contribution in [0.25, 0.3) is 0 Å². The van der Waals surface area contributed by atoms with Gasteiger partial charge in [-0.3, -0.25) is 0 Å². The van der Waals surface area contributed by atoms with Gasteiger partial charge in [0.1, 0.15) is 4.90 Å². The van der Waals surface area contributed by atoms with Crippen LogP contribution in [0.4, 0.5) is 4.79 Å². The molecule has 0 aromatic heterocycles. The van der Waals surface area contributed by atoms with Gasteiger partial charge < -0.3 is 19.1 Å². The van der Waals surface area contributed by atoms with Crippen LogP contribution in [0.1, 0.15) is 12.8 Å². The van der Waals surface area contributed by atoms with Crippen molar-refractivity contribution in [1.82, 2.24) is 10.2 Å². The Balaban J connectivity index is 1.59. The fourth-order valence-electron chi connectivity index (χ4n) is 2.91. The molecule has 2 aliphatic heterocycles. The van der Waals surface area contributed by atoms with Gasteiger partial charge in [-0.1, -0.05) is 18.2 Å². The van der Waals surface area contributed by atoms with Crippen LogP contribution >= 0.6 is 0 Å². The van der Waals surface area contributed by atoms with E-state index in [1.54, 1.807) is 18.2 Å². The molecule has 0 saturated carbocycles. The Kier molecular flexibility index (Phi) is 4.56. The number of ether oxygens (including phenoxy) is 1. The van der Waals surface area contributed by atoms with Crippen LogP contribution in [0, 0.1) is 0 Å². The largest absolute Gasteiger partial charge is 0.425 e. The first-order chi connectivity index (χ1) is 11.0. The number of carbonyl (C=O) groups is 1. The third kappa shape index (κ3) is 3.65. The predicted molar refractivity (Wildman–Crippen MR) is 82.5 cm³/mol. The molecule has 1 aromatic rings. The standard InChI is InChI=1S/C15H20N2O5S/c18-14(22-23(19,20)13-4-2-1-3-5-13)17-9-6-15(7-10-17)12-16-8-11-21-15/h1-5,16H,6-12H2. The van der Waals surface area contributed by atoms with Gasteiger partial charge in [-0.2, -0.15) is 8.42 Å². The molecule has 23 heavy (non-hydrogen) atoms. The van der Waals surface area contributed by atoms with E-state index in [2.05, 4.69) is 5.32 Å². The van der Waals surface area contributed by atoms with Gasteiger partial charge in [0.25, 0.3) is 0 Å². The van der Waals surface area contributed by atoms with Crippen LogP contribution in [-0.2, 0) is 19.0 Å². The molecule has 7 nitrogen and oxygen atoms in total. The number of hydrogen-bond donors (Lipinski definition) is 1. The van der Waals surface area contributed by atoms with Crippen LogP contribution < -0.4 is 5.32 Å². The van der Waals surface area contributed by atoms with Crippen molar-refractivity contribution in [2.45, 2.75) is 23.3 Å². The number of likely N-dealkylation sites (tertiary alicyclic amines) is 1. The number of carbonyl (C=O) groups excluding carboxylic acids is 1. The van der Waals surface area contributed by atoms with Gasteiger partial charge in [0.15, 0.2) is 0 Å². The summed E-state index contributed by atoms with van der Waals surface area (Å²) in [7, 11) is -4.08. The van der Waals surface area contributed by atoms with Crippen molar-refractivity contribution in [1.29, 1.82) is 0 Å². The molecule has 1 spiro atoms. The highest BCUT2D eigenvalue weighted by Crippen LogP contribution is 2.28. The summed E-state index contributed by atoms with van der Waals surface area (Å²) in [6, 6.07) is 7.66. The van der Waals surface area contributed by atoms with Gasteiger partial charge in [0.2, 0.25) is 0 Å². The van der Waals surface area contributed by atoms with Crippen LogP contribution in [0.5, 0.6) is 0 Å². The molecule has 1 amide bonds. The Bertz CT molecular complexity index is 646. The van der Waals surface area contributed by atoms with Gasteiger partial charge in [0.05, 0.1) is 12.2 Å². The second-order valence-corrected chi connectivity index (χ2v) is 7.36. The minimum absolute atomic E-state index is 0.0263. The lowest BCUT2D eigenvalue weighted by molar-refractivity contribution is -0.0958. The molecule has 1 aromatic carbocycles. The summed E-state index contributed by atoms with van der Waals surface area (Å²) in [5, 5.41) is 3.29. The van der Waals surface area contributed by atoms with Gasteiger partial charge in [-0.05, 0) is 25.0 Å². The number of hydrogen-bond acceptors (Lipinski definition) is 6. The molecule has 1 N–H and O–H groups in total. The SMILES string of the molecule is O=C(OS(=O)(=O)c1ccccc1)N1CCC2(CC1)CNCCO2. The Morgan fingerprint density at radius 2 is 1.91 bits per heavy atom. The Morgan fingerprint density at radius 1 is 1.22 bits per heavy atom. The van der Waals surface area contributed by atoms with Gasteiger partial charge in [-0.15, -0.1) is 0 Å². The van der Waals surface area contributed by atoms with Crippen LogP contribution in [0.3, 0.4) is 0 Å². The maximum absolute atomic E-state index is 12.1. The van der Waals surface area contributed by atoms with Crippen molar-refractivity contribution in [3.63, 3.8) is 0 Å². The zero-order valence-electron chi connectivity index (χ0n) is 12.7. The van der Waals surface area contributed by atoms with E-state index in [9.17, 15) is 13.2 Å². The lowest BCUT2D eigenvalue weighted by atomic mass is 9.90. The van der Waals surface area contributed by atoms with Crippen molar-refractivity contribution in [3.8, 4) is 0 Å². The second kappa shape index (κ2) is 6.46. The first-order valence-electron chi connectivity index (χ1n) is 7.64. The maximum atomic E-state index is 12.1. The Hall–Kier alpha value is -1.64. The summed E-state index contributed by atoms with van der Waals surface area (Å²) in [6.45, 7) is 3.10. The van der Waals surface area contributed by atoms with Crippen molar-refractivity contribution in [2.24, 2.45) is 0 Å². The van der Waals surface area contributed by atoms with Gasteiger partial charge >= 0.3 is 16.2 Å². The monoisotopic (exact) mass is 340 g/mol. The summed E-state index contributed by atoms with van der Waals surface area (Å²) >= 11 is 0. The molecule has 2 saturated heterocycles. The van der Waals surface area contributed by atoms with Crippen molar-refractivity contribution in [3.05, 3.63) is 30.3 Å². The molecule has 0 bridgehead atoms. The Morgan fingerprint density at radius 3 is 2.52 bits per heavy atom. The lowest BCUT2D eigenvalue weighted by Crippen LogP contribution is -2.56. The summed E-state index contributed by atoms with van der Waals surface area (Å²) in [5.41, 5.74) is -0.243. The minimum atomic E-state index is -4.08. The molecule has 2 fully saturated rings. The first kappa shape index (κ1) is 16.2. The van der Waals surface area contributed by atoms with Crippen molar-refractivity contribution < 1.29 is 22.1 Å². The van der Waals surface area contributed by atoms with Crippen LogP contribution in [-0.4, -0.2) is 57.8 Å². The van der Waals surface area contributed by atoms with E-state index in [4.69, 9.17) is 8.92 Å². The van der Waals surface area contributed by atoms with Crippen LogP contribution in [0.15, 0.2) is 35.2 Å². The topological polar surface area (TPSA) is 84.9 Å². The summed E-state index contributed by atoms with van der Waals surface area (Å²) in [5.74, 6) is 0. The molecule has 2 aliphatic rings. The number of amides is 1. The number of nitrogens with zero attached hydrogens (tertiary/aromatic N) is 1. The van der Waals surface area contributed by atoms with E-state index in [-0.39, 0.29) is 10.5 Å². The van der Waals surface area contributed by atoms with Crippen molar-refractivity contribution >= 4 is 16.2 Å². The third-order valence-corrected chi connectivity index (χ3v) is 5.49. The summed E-state index contributed by atoms with van der Waals surface area (Å²) in [6.07, 6.45) is 0.508. The summed E-state index contributed by atoms with van der Waals surface area (Å²) < 4.78 is 34.7. The molecule has 3 rings (SSSR count). The second-order valence-electron chi connectivity index (χ2n) is 5.81. The number of benzene rings is 1. The first-order valence-corrected chi connectivity index (χ1v) is 9.05.